The van der Waals surface area contributed by atoms with Gasteiger partial charge in [-0.2, -0.15) is 0 Å². The Morgan fingerprint density at radius 2 is 0.860 bits per heavy atom. The van der Waals surface area contributed by atoms with Crippen molar-refractivity contribution in [2.45, 2.75) is 0 Å². The monoisotopic (exact) mass is 623 g/mol. The number of hydrogen-bond acceptors (Lipinski definition) is 6. The number of nitrogens with zero attached hydrogens (tertiary/aromatic N) is 4. The maximum absolute atomic E-state index is 11.6. The number of aromatic nitrogens is 4. The van der Waals surface area contributed by atoms with Crippen molar-refractivity contribution in [1.82, 2.24) is 29.7 Å². The van der Waals surface area contributed by atoms with E-state index >= 15 is 0 Å². The summed E-state index contributed by atoms with van der Waals surface area (Å²) in [6, 6.07) is 29.2. The second-order valence-corrected chi connectivity index (χ2v) is 9.34. The Kier molecular flexibility index (Phi) is 13.4. The quantitative estimate of drug-likeness (QED) is 0.284. The van der Waals surface area contributed by atoms with Crippen molar-refractivity contribution < 1.29 is 36.6 Å². The van der Waals surface area contributed by atoms with Gasteiger partial charge in [0.15, 0.2) is 0 Å². The third-order valence-corrected chi connectivity index (χ3v) is 5.48. The molecule has 2 aromatic heterocycles. The van der Waals surface area contributed by atoms with Crippen LogP contribution in [0.25, 0.3) is 44.8 Å². The minimum absolute atomic E-state index is 0. The minimum atomic E-state index is -0.0124. The standard InChI is InChI=1S/2C13H10N2O.2C3H7NO.Co/c2*16-12-8-4-1-5-9(12)13-14-10-6-2-3-7-11(10)15-13;2*1-4(2)3-5;/h2*1-8,16H,(H,14,15);2*3H,1-2H3;/q;;;;+2/p-2. The number of carbonyl (C=O) groups excluding carboxylic acids is 2. The summed E-state index contributed by atoms with van der Waals surface area (Å²) in [6.07, 6.45) is 1.50. The van der Waals surface area contributed by atoms with Gasteiger partial charge < -0.3 is 30.0 Å². The van der Waals surface area contributed by atoms with Crippen LogP contribution in [0.5, 0.6) is 11.5 Å². The van der Waals surface area contributed by atoms with Gasteiger partial charge in [-0.05, 0) is 24.3 Å². The summed E-state index contributed by atoms with van der Waals surface area (Å²) >= 11 is 0. The smallest absolute Gasteiger partial charge is 0.872 e. The summed E-state index contributed by atoms with van der Waals surface area (Å²) in [5.74, 6) is 1.24. The molecule has 0 saturated heterocycles. The molecule has 1 radical (unpaired) electrons. The Balaban J connectivity index is 0.000000226. The Labute approximate surface area is 260 Å². The fraction of sp³-hybridized carbons (Fsp3) is 0.125. The maximum atomic E-state index is 11.6. The molecule has 0 aliphatic heterocycles. The largest absolute Gasteiger partial charge is 2.00 e. The van der Waals surface area contributed by atoms with E-state index in [4.69, 9.17) is 0 Å². The molecule has 4 aromatic carbocycles. The molecule has 43 heavy (non-hydrogen) atoms. The zero-order valence-corrected chi connectivity index (χ0v) is 25.2. The summed E-state index contributed by atoms with van der Waals surface area (Å²) in [4.78, 5) is 36.8. The fourth-order valence-corrected chi connectivity index (χ4v) is 3.49. The first kappa shape index (κ1) is 34.1. The Bertz CT molecular complexity index is 1540. The topological polar surface area (TPSA) is 144 Å². The van der Waals surface area contributed by atoms with Gasteiger partial charge in [0.25, 0.3) is 0 Å². The average Bonchev–Trinajstić information content (AvgIpc) is 3.63. The van der Waals surface area contributed by atoms with Crippen molar-refractivity contribution in [3.8, 4) is 34.3 Å². The zero-order valence-electron chi connectivity index (χ0n) is 24.1. The molecule has 0 aliphatic carbocycles. The predicted octanol–water partition coefficient (Wildman–Crippen LogP) is 4.01. The number of carbonyl (C=O) groups is 2. The van der Waals surface area contributed by atoms with Crippen molar-refractivity contribution in [2.75, 3.05) is 28.2 Å². The molecule has 10 nitrogen and oxygen atoms in total. The fourth-order valence-electron chi connectivity index (χ4n) is 3.49. The van der Waals surface area contributed by atoms with Crippen molar-refractivity contribution in [3.63, 3.8) is 0 Å². The van der Waals surface area contributed by atoms with Gasteiger partial charge in [0, 0.05) is 39.3 Å². The number of nitrogens with one attached hydrogen (secondary N) is 2. The SMILES string of the molecule is CN(C)C=O.CN(C)C=O.[Co+2].[O-]c1ccccc1-c1nc2ccccc2[nH]1.[O-]c1ccccc1-c1nc2ccccc2[nH]1. The van der Waals surface area contributed by atoms with Crippen LogP contribution in [0, 0.1) is 0 Å². The van der Waals surface area contributed by atoms with Gasteiger partial charge in [0.1, 0.15) is 11.6 Å². The Morgan fingerprint density at radius 1 is 0.558 bits per heavy atom. The summed E-state index contributed by atoms with van der Waals surface area (Å²) < 4.78 is 0. The van der Waals surface area contributed by atoms with Crippen LogP contribution in [0.4, 0.5) is 0 Å². The first-order valence-corrected chi connectivity index (χ1v) is 12.9. The minimum Gasteiger partial charge on any atom is -0.872 e. The van der Waals surface area contributed by atoms with Crippen LogP contribution in [0.2, 0.25) is 0 Å². The van der Waals surface area contributed by atoms with Crippen LogP contribution in [0.1, 0.15) is 0 Å². The molecule has 6 aromatic rings. The Morgan fingerprint density at radius 3 is 1.16 bits per heavy atom. The van der Waals surface area contributed by atoms with E-state index in [1.54, 1.807) is 64.6 Å². The molecular formula is C32H32CoN6O4. The molecule has 0 spiro atoms. The normalized spacial score (nSPS) is 9.58. The van der Waals surface area contributed by atoms with Crippen LogP contribution in [0.15, 0.2) is 97.1 Å². The molecule has 223 valence electrons. The summed E-state index contributed by atoms with van der Waals surface area (Å²) in [7, 11) is 6.75. The van der Waals surface area contributed by atoms with Crippen molar-refractivity contribution in [2.24, 2.45) is 0 Å². The van der Waals surface area contributed by atoms with E-state index in [9.17, 15) is 19.8 Å². The molecule has 2 N–H and O–H groups in total. The van der Waals surface area contributed by atoms with E-state index in [1.807, 2.05) is 60.7 Å². The first-order chi connectivity index (χ1) is 20.2. The molecule has 0 unspecified atom stereocenters. The van der Waals surface area contributed by atoms with Gasteiger partial charge in [-0.15, -0.1) is 0 Å². The van der Waals surface area contributed by atoms with Gasteiger partial charge in [0.2, 0.25) is 12.8 Å². The van der Waals surface area contributed by atoms with E-state index in [1.165, 1.54) is 9.80 Å². The summed E-state index contributed by atoms with van der Waals surface area (Å²) in [6.45, 7) is 0. The van der Waals surface area contributed by atoms with Gasteiger partial charge in [-0.1, -0.05) is 84.3 Å². The van der Waals surface area contributed by atoms with E-state index in [0.29, 0.717) is 22.8 Å². The van der Waals surface area contributed by atoms with E-state index in [0.717, 1.165) is 34.9 Å². The number of benzene rings is 4. The van der Waals surface area contributed by atoms with Crippen molar-refractivity contribution >= 4 is 34.9 Å². The van der Waals surface area contributed by atoms with E-state index in [-0.39, 0.29) is 28.3 Å². The van der Waals surface area contributed by atoms with E-state index in [2.05, 4.69) is 19.9 Å². The van der Waals surface area contributed by atoms with Crippen LogP contribution in [0.3, 0.4) is 0 Å². The molecule has 0 bridgehead atoms. The van der Waals surface area contributed by atoms with Gasteiger partial charge >= 0.3 is 16.8 Å². The van der Waals surface area contributed by atoms with Crippen LogP contribution >= 0.6 is 0 Å². The number of rotatable bonds is 4. The van der Waals surface area contributed by atoms with Crippen molar-refractivity contribution in [1.29, 1.82) is 0 Å². The Hall–Kier alpha value is -5.13. The van der Waals surface area contributed by atoms with Crippen LogP contribution in [-0.2, 0) is 26.4 Å². The molecular weight excluding hydrogens is 591 g/mol. The average molecular weight is 624 g/mol. The third kappa shape index (κ3) is 10.0. The summed E-state index contributed by atoms with van der Waals surface area (Å²) in [5, 5.41) is 23.3. The molecule has 11 heteroatoms. The number of aromatic amines is 2. The van der Waals surface area contributed by atoms with Crippen LogP contribution in [-0.4, -0.2) is 70.7 Å². The number of imidazole rings is 2. The predicted molar refractivity (Wildman–Crippen MR) is 161 cm³/mol. The molecule has 0 atom stereocenters. The second kappa shape index (κ2) is 17.0. The third-order valence-electron chi connectivity index (χ3n) is 5.48. The zero-order chi connectivity index (χ0) is 30.5. The molecule has 2 heterocycles. The second-order valence-electron chi connectivity index (χ2n) is 9.34. The molecule has 6 rings (SSSR count). The molecule has 0 aliphatic rings. The van der Waals surface area contributed by atoms with Gasteiger partial charge in [-0.3, -0.25) is 9.59 Å². The molecule has 0 saturated carbocycles. The number of hydrogen-bond donors (Lipinski definition) is 2. The molecule has 2 amide bonds. The van der Waals surface area contributed by atoms with Gasteiger partial charge in [-0.25, -0.2) is 9.97 Å². The van der Waals surface area contributed by atoms with Gasteiger partial charge in [0.05, 0.1) is 22.1 Å². The number of para-hydroxylation sites is 6. The maximum Gasteiger partial charge on any atom is 2.00 e. The first-order valence-electron chi connectivity index (χ1n) is 12.9. The molecule has 0 fully saturated rings. The van der Waals surface area contributed by atoms with Crippen molar-refractivity contribution in [3.05, 3.63) is 97.1 Å². The van der Waals surface area contributed by atoms with E-state index < -0.39 is 0 Å². The van der Waals surface area contributed by atoms with Crippen LogP contribution < -0.4 is 10.2 Å². The number of H-pyrrole nitrogens is 2. The number of amides is 2. The summed E-state index contributed by atoms with van der Waals surface area (Å²) in [5.41, 5.74) is 4.86. The number of fused-ring (bicyclic) bond motifs is 2.